The fraction of sp³-hybridized carbons (Fsp3) is 0.176. The minimum absolute atomic E-state index is 0.216. The Hall–Kier alpha value is -3.15. The summed E-state index contributed by atoms with van der Waals surface area (Å²) in [6.45, 7) is -0.520. The SMILES string of the molecule is CON(CCN1C(=O)c2ccccc2C1=O)S(=O)(=O)c1ccc([N+](=O)[O-])cc1. The Bertz CT molecular complexity index is 1020. The van der Waals surface area contributed by atoms with Gasteiger partial charge in [-0.15, -0.1) is 0 Å². The van der Waals surface area contributed by atoms with E-state index in [9.17, 15) is 28.1 Å². The number of hydroxylamine groups is 1. The van der Waals surface area contributed by atoms with Crippen LogP contribution in [0.2, 0.25) is 0 Å². The Balaban J connectivity index is 1.76. The third-order valence-corrected chi connectivity index (χ3v) is 5.94. The topological polar surface area (TPSA) is 127 Å². The fourth-order valence-corrected chi connectivity index (χ4v) is 4.02. The van der Waals surface area contributed by atoms with Crippen LogP contribution in [0, 0.1) is 10.1 Å². The quantitative estimate of drug-likeness (QED) is 0.387. The number of carbonyl (C=O) groups is 2. The molecule has 2 aromatic carbocycles. The first-order valence-electron chi connectivity index (χ1n) is 8.04. The fourth-order valence-electron chi connectivity index (χ4n) is 2.79. The van der Waals surface area contributed by atoms with Crippen molar-refractivity contribution in [2.75, 3.05) is 20.2 Å². The van der Waals surface area contributed by atoms with E-state index in [1.165, 1.54) is 12.1 Å². The number of hydrogen-bond acceptors (Lipinski definition) is 7. The standard InChI is InChI=1S/C17H15N3O7S/c1-27-19(28(25,26)13-8-6-12(7-9-13)20(23)24)11-10-18-16(21)14-4-2-3-5-15(14)17(18)22/h2-9H,10-11H2,1H3. The molecule has 0 radical (unpaired) electrons. The number of hydrogen-bond donors (Lipinski definition) is 0. The van der Waals surface area contributed by atoms with Crippen LogP contribution in [0.15, 0.2) is 53.4 Å². The highest BCUT2D eigenvalue weighted by atomic mass is 32.2. The highest BCUT2D eigenvalue weighted by Crippen LogP contribution is 2.23. The number of nitrogens with zero attached hydrogens (tertiary/aromatic N) is 3. The molecule has 0 spiro atoms. The minimum Gasteiger partial charge on any atom is -0.287 e. The number of carbonyl (C=O) groups excluding carboxylic acids is 2. The average Bonchev–Trinajstić information content (AvgIpc) is 2.93. The van der Waals surface area contributed by atoms with Gasteiger partial charge in [0.15, 0.2) is 0 Å². The molecule has 0 fully saturated rings. The summed E-state index contributed by atoms with van der Waals surface area (Å²) in [5, 5.41) is 10.7. The Morgan fingerprint density at radius 1 is 1.04 bits per heavy atom. The molecule has 11 heteroatoms. The number of amides is 2. The monoisotopic (exact) mass is 405 g/mol. The predicted molar refractivity (Wildman–Crippen MR) is 95.8 cm³/mol. The van der Waals surface area contributed by atoms with Gasteiger partial charge >= 0.3 is 0 Å². The first-order chi connectivity index (χ1) is 13.3. The second kappa shape index (κ2) is 7.46. The van der Waals surface area contributed by atoms with Gasteiger partial charge in [-0.05, 0) is 24.3 Å². The molecule has 2 aromatic rings. The first-order valence-corrected chi connectivity index (χ1v) is 9.48. The molecular weight excluding hydrogens is 390 g/mol. The summed E-state index contributed by atoms with van der Waals surface area (Å²) in [6, 6.07) is 10.6. The van der Waals surface area contributed by atoms with Gasteiger partial charge in [0.1, 0.15) is 0 Å². The van der Waals surface area contributed by atoms with Gasteiger partial charge in [0, 0.05) is 18.7 Å². The Morgan fingerprint density at radius 2 is 1.57 bits per heavy atom. The molecular formula is C17H15N3O7S. The summed E-state index contributed by atoms with van der Waals surface area (Å²) in [7, 11) is -3.02. The smallest absolute Gasteiger partial charge is 0.269 e. The number of non-ortho nitro benzene ring substituents is 1. The number of nitro benzene ring substituents is 1. The maximum absolute atomic E-state index is 12.7. The van der Waals surface area contributed by atoms with Crippen molar-refractivity contribution in [1.29, 1.82) is 0 Å². The van der Waals surface area contributed by atoms with E-state index < -0.39 is 26.8 Å². The predicted octanol–water partition coefficient (Wildman–Crippen LogP) is 1.44. The molecule has 1 heterocycles. The van der Waals surface area contributed by atoms with Crippen molar-refractivity contribution in [3.05, 3.63) is 69.8 Å². The summed E-state index contributed by atoms with van der Waals surface area (Å²) in [4.78, 5) is 40.4. The van der Waals surface area contributed by atoms with Crippen LogP contribution in [0.4, 0.5) is 5.69 Å². The molecule has 0 N–H and O–H groups in total. The van der Waals surface area contributed by atoms with Gasteiger partial charge in [0.05, 0.1) is 34.6 Å². The molecule has 0 saturated carbocycles. The number of sulfonamides is 1. The van der Waals surface area contributed by atoms with E-state index in [1.54, 1.807) is 12.1 Å². The molecule has 146 valence electrons. The third-order valence-electron chi connectivity index (χ3n) is 4.20. The molecule has 1 aliphatic heterocycles. The number of fused-ring (bicyclic) bond motifs is 1. The number of imide groups is 1. The summed E-state index contributed by atoms with van der Waals surface area (Å²) < 4.78 is 26.0. The van der Waals surface area contributed by atoms with Crippen LogP contribution >= 0.6 is 0 Å². The zero-order chi connectivity index (χ0) is 20.5. The van der Waals surface area contributed by atoms with Gasteiger partial charge in [-0.2, -0.15) is 0 Å². The highest BCUT2D eigenvalue weighted by Gasteiger charge is 2.36. The molecule has 2 amide bonds. The van der Waals surface area contributed by atoms with Crippen molar-refractivity contribution >= 4 is 27.5 Å². The van der Waals surface area contributed by atoms with Crippen molar-refractivity contribution < 1.29 is 27.8 Å². The van der Waals surface area contributed by atoms with Gasteiger partial charge in [-0.3, -0.25) is 29.4 Å². The molecule has 0 unspecified atom stereocenters. The Morgan fingerprint density at radius 3 is 2.04 bits per heavy atom. The van der Waals surface area contributed by atoms with E-state index in [1.807, 2.05) is 0 Å². The van der Waals surface area contributed by atoms with E-state index in [2.05, 4.69) is 0 Å². The molecule has 28 heavy (non-hydrogen) atoms. The molecule has 0 saturated heterocycles. The van der Waals surface area contributed by atoms with Crippen molar-refractivity contribution in [3.8, 4) is 0 Å². The first kappa shape index (κ1) is 19.6. The van der Waals surface area contributed by atoms with Crippen molar-refractivity contribution in [2.45, 2.75) is 4.90 Å². The van der Waals surface area contributed by atoms with Crippen molar-refractivity contribution in [3.63, 3.8) is 0 Å². The van der Waals surface area contributed by atoms with E-state index in [4.69, 9.17) is 4.84 Å². The minimum atomic E-state index is -4.15. The van der Waals surface area contributed by atoms with Crippen LogP contribution in [0.3, 0.4) is 0 Å². The lowest BCUT2D eigenvalue weighted by Gasteiger charge is -2.22. The molecule has 10 nitrogen and oxygen atoms in total. The number of rotatable bonds is 7. The van der Waals surface area contributed by atoms with Gasteiger partial charge < -0.3 is 0 Å². The van der Waals surface area contributed by atoms with E-state index in [-0.39, 0.29) is 34.8 Å². The van der Waals surface area contributed by atoms with Crippen LogP contribution in [0.5, 0.6) is 0 Å². The molecule has 3 rings (SSSR count). The van der Waals surface area contributed by atoms with Crippen LogP contribution in [-0.2, 0) is 14.9 Å². The largest absolute Gasteiger partial charge is 0.287 e. The van der Waals surface area contributed by atoms with Crippen molar-refractivity contribution in [2.24, 2.45) is 0 Å². The molecule has 0 atom stereocenters. The average molecular weight is 405 g/mol. The Labute approximate surface area is 160 Å². The molecule has 1 aliphatic rings. The second-order valence-electron chi connectivity index (χ2n) is 5.77. The van der Waals surface area contributed by atoms with Crippen LogP contribution < -0.4 is 0 Å². The van der Waals surface area contributed by atoms with Crippen LogP contribution in [0.25, 0.3) is 0 Å². The summed E-state index contributed by atoms with van der Waals surface area (Å²) in [5.74, 6) is -1.02. The lowest BCUT2D eigenvalue weighted by atomic mass is 10.1. The zero-order valence-corrected chi connectivity index (χ0v) is 15.5. The zero-order valence-electron chi connectivity index (χ0n) is 14.6. The van der Waals surface area contributed by atoms with E-state index in [0.717, 1.165) is 36.3 Å². The normalized spacial score (nSPS) is 13.9. The molecule has 0 aliphatic carbocycles. The lowest BCUT2D eigenvalue weighted by Crippen LogP contribution is -2.40. The third kappa shape index (κ3) is 3.38. The number of nitro groups is 1. The maximum atomic E-state index is 12.7. The lowest BCUT2D eigenvalue weighted by molar-refractivity contribution is -0.384. The highest BCUT2D eigenvalue weighted by molar-refractivity contribution is 7.89. The van der Waals surface area contributed by atoms with Gasteiger partial charge in [-0.25, -0.2) is 8.42 Å². The van der Waals surface area contributed by atoms with E-state index in [0.29, 0.717) is 4.47 Å². The number of benzene rings is 2. The van der Waals surface area contributed by atoms with Crippen LogP contribution in [0.1, 0.15) is 20.7 Å². The summed E-state index contributed by atoms with van der Waals surface area (Å²) >= 11 is 0. The van der Waals surface area contributed by atoms with Gasteiger partial charge in [0.25, 0.3) is 27.5 Å². The summed E-state index contributed by atoms with van der Waals surface area (Å²) in [5.41, 5.74) is 0.262. The maximum Gasteiger partial charge on any atom is 0.269 e. The second-order valence-corrected chi connectivity index (χ2v) is 7.60. The van der Waals surface area contributed by atoms with E-state index >= 15 is 0 Å². The van der Waals surface area contributed by atoms with Crippen LogP contribution in [-0.4, -0.2) is 54.7 Å². The summed E-state index contributed by atoms with van der Waals surface area (Å²) in [6.07, 6.45) is 0. The Kier molecular flexibility index (Phi) is 5.23. The van der Waals surface area contributed by atoms with Crippen molar-refractivity contribution in [1.82, 2.24) is 9.37 Å². The molecule has 0 bridgehead atoms. The van der Waals surface area contributed by atoms with Gasteiger partial charge in [-0.1, -0.05) is 16.6 Å². The van der Waals surface area contributed by atoms with Gasteiger partial charge in [0.2, 0.25) is 0 Å². The molecule has 0 aromatic heterocycles.